The molecular weight excluding hydrogens is 282 g/mol. The van der Waals surface area contributed by atoms with Crippen molar-refractivity contribution in [1.29, 1.82) is 0 Å². The molecule has 0 radical (unpaired) electrons. The SMILES string of the molecule is CCCCCCNC(=O)Nc1ccc(OCCC(N)=O)cc1. The number of anilines is 1. The van der Waals surface area contributed by atoms with Crippen LogP contribution in [0.4, 0.5) is 10.5 Å². The van der Waals surface area contributed by atoms with E-state index >= 15 is 0 Å². The van der Waals surface area contributed by atoms with Crippen molar-refractivity contribution in [3.05, 3.63) is 24.3 Å². The zero-order valence-electron chi connectivity index (χ0n) is 13.1. The molecule has 4 N–H and O–H groups in total. The molecule has 1 aromatic carbocycles. The third-order valence-corrected chi connectivity index (χ3v) is 3.05. The van der Waals surface area contributed by atoms with E-state index in [-0.39, 0.29) is 19.1 Å². The largest absolute Gasteiger partial charge is 0.493 e. The van der Waals surface area contributed by atoms with E-state index < -0.39 is 5.91 Å². The summed E-state index contributed by atoms with van der Waals surface area (Å²) >= 11 is 0. The van der Waals surface area contributed by atoms with E-state index in [1.54, 1.807) is 24.3 Å². The van der Waals surface area contributed by atoms with Gasteiger partial charge in [0.05, 0.1) is 13.0 Å². The zero-order chi connectivity index (χ0) is 16.2. The molecule has 0 aliphatic heterocycles. The summed E-state index contributed by atoms with van der Waals surface area (Å²) in [7, 11) is 0. The zero-order valence-corrected chi connectivity index (χ0v) is 13.1. The van der Waals surface area contributed by atoms with Gasteiger partial charge in [-0.3, -0.25) is 4.79 Å². The Hall–Kier alpha value is -2.24. The summed E-state index contributed by atoms with van der Waals surface area (Å²) in [5.74, 6) is 0.237. The Morgan fingerprint density at radius 2 is 1.86 bits per heavy atom. The van der Waals surface area contributed by atoms with Gasteiger partial charge in [-0.05, 0) is 30.7 Å². The van der Waals surface area contributed by atoms with Crippen molar-refractivity contribution in [2.24, 2.45) is 5.73 Å². The minimum atomic E-state index is -0.395. The van der Waals surface area contributed by atoms with Crippen LogP contribution in [0.3, 0.4) is 0 Å². The fourth-order valence-electron chi connectivity index (χ4n) is 1.83. The second kappa shape index (κ2) is 10.5. The summed E-state index contributed by atoms with van der Waals surface area (Å²) in [5.41, 5.74) is 5.72. The number of urea groups is 1. The lowest BCUT2D eigenvalue weighted by molar-refractivity contribution is -0.118. The first kappa shape index (κ1) is 17.8. The summed E-state index contributed by atoms with van der Waals surface area (Å²) in [6.45, 7) is 3.09. The van der Waals surface area contributed by atoms with E-state index in [4.69, 9.17) is 10.5 Å². The lowest BCUT2D eigenvalue weighted by Gasteiger charge is -2.09. The third kappa shape index (κ3) is 8.14. The van der Waals surface area contributed by atoms with Crippen LogP contribution >= 0.6 is 0 Å². The molecule has 3 amide bonds. The average Bonchev–Trinajstić information content (AvgIpc) is 2.48. The van der Waals surface area contributed by atoms with Gasteiger partial charge in [0.25, 0.3) is 0 Å². The monoisotopic (exact) mass is 307 g/mol. The van der Waals surface area contributed by atoms with Gasteiger partial charge >= 0.3 is 6.03 Å². The number of amides is 3. The van der Waals surface area contributed by atoms with Crippen LogP contribution in [0.5, 0.6) is 5.75 Å². The number of rotatable bonds is 10. The number of hydrogen-bond acceptors (Lipinski definition) is 3. The Morgan fingerprint density at radius 3 is 2.50 bits per heavy atom. The van der Waals surface area contributed by atoms with Crippen LogP contribution in [0.2, 0.25) is 0 Å². The predicted octanol–water partition coefficient (Wildman–Crippen LogP) is 2.64. The second-order valence-corrected chi connectivity index (χ2v) is 5.03. The van der Waals surface area contributed by atoms with E-state index in [9.17, 15) is 9.59 Å². The van der Waals surface area contributed by atoms with E-state index in [0.717, 1.165) is 12.8 Å². The standard InChI is InChI=1S/C16H25N3O3/c1-2-3-4-5-11-18-16(21)19-13-6-8-14(9-7-13)22-12-10-15(17)20/h6-9H,2-5,10-12H2,1H3,(H2,17,20)(H2,18,19,21). The molecule has 0 bridgehead atoms. The van der Waals surface area contributed by atoms with Crippen LogP contribution in [0.15, 0.2) is 24.3 Å². The molecule has 0 aromatic heterocycles. The lowest BCUT2D eigenvalue weighted by Crippen LogP contribution is -2.29. The van der Waals surface area contributed by atoms with Crippen molar-refractivity contribution in [2.75, 3.05) is 18.5 Å². The normalized spacial score (nSPS) is 10.0. The lowest BCUT2D eigenvalue weighted by atomic mass is 10.2. The number of carbonyl (C=O) groups is 2. The minimum Gasteiger partial charge on any atom is -0.493 e. The fourth-order valence-corrected chi connectivity index (χ4v) is 1.83. The fraction of sp³-hybridized carbons (Fsp3) is 0.500. The number of benzene rings is 1. The van der Waals surface area contributed by atoms with Crippen molar-refractivity contribution < 1.29 is 14.3 Å². The molecule has 0 saturated heterocycles. The Kier molecular flexibility index (Phi) is 8.49. The number of unbranched alkanes of at least 4 members (excludes halogenated alkanes) is 3. The molecule has 0 saturated carbocycles. The first-order valence-electron chi connectivity index (χ1n) is 7.68. The quantitative estimate of drug-likeness (QED) is 0.580. The average molecular weight is 307 g/mol. The Bertz CT molecular complexity index is 460. The second-order valence-electron chi connectivity index (χ2n) is 5.03. The molecule has 0 unspecified atom stereocenters. The van der Waals surface area contributed by atoms with E-state index in [1.165, 1.54) is 12.8 Å². The smallest absolute Gasteiger partial charge is 0.319 e. The van der Waals surface area contributed by atoms with Crippen LogP contribution in [0.1, 0.15) is 39.0 Å². The van der Waals surface area contributed by atoms with Crippen LogP contribution in [-0.2, 0) is 4.79 Å². The minimum absolute atomic E-state index is 0.181. The van der Waals surface area contributed by atoms with Gasteiger partial charge < -0.3 is 21.1 Å². The maximum absolute atomic E-state index is 11.7. The first-order chi connectivity index (χ1) is 10.6. The highest BCUT2D eigenvalue weighted by atomic mass is 16.5. The Labute approximate surface area is 131 Å². The van der Waals surface area contributed by atoms with E-state index in [0.29, 0.717) is 18.0 Å². The molecule has 6 heteroatoms. The topological polar surface area (TPSA) is 93.4 Å². The van der Waals surface area contributed by atoms with Crippen LogP contribution in [0.25, 0.3) is 0 Å². The first-order valence-corrected chi connectivity index (χ1v) is 7.68. The van der Waals surface area contributed by atoms with Crippen molar-refractivity contribution in [2.45, 2.75) is 39.0 Å². The molecule has 6 nitrogen and oxygen atoms in total. The molecule has 0 aliphatic rings. The van der Waals surface area contributed by atoms with Crippen LogP contribution in [-0.4, -0.2) is 25.1 Å². The van der Waals surface area contributed by atoms with E-state index in [1.807, 2.05) is 0 Å². The molecule has 0 aliphatic carbocycles. The molecule has 1 rings (SSSR count). The summed E-state index contributed by atoms with van der Waals surface area (Å²) in [6.07, 6.45) is 4.68. The summed E-state index contributed by atoms with van der Waals surface area (Å²) < 4.78 is 5.35. The summed E-state index contributed by atoms with van der Waals surface area (Å²) in [4.78, 5) is 22.3. The highest BCUT2D eigenvalue weighted by Gasteiger charge is 2.02. The Balaban J connectivity index is 2.25. The molecule has 0 atom stereocenters. The Morgan fingerprint density at radius 1 is 1.14 bits per heavy atom. The van der Waals surface area contributed by atoms with Gasteiger partial charge in [0.15, 0.2) is 0 Å². The van der Waals surface area contributed by atoms with Gasteiger partial charge in [-0.1, -0.05) is 26.2 Å². The van der Waals surface area contributed by atoms with Crippen molar-refractivity contribution in [3.8, 4) is 5.75 Å². The van der Waals surface area contributed by atoms with Crippen molar-refractivity contribution >= 4 is 17.6 Å². The molecule has 122 valence electrons. The van der Waals surface area contributed by atoms with Gasteiger partial charge in [0.2, 0.25) is 5.91 Å². The predicted molar refractivity (Wildman–Crippen MR) is 86.9 cm³/mol. The van der Waals surface area contributed by atoms with Gasteiger partial charge in [-0.15, -0.1) is 0 Å². The van der Waals surface area contributed by atoms with Crippen LogP contribution < -0.4 is 21.1 Å². The molecule has 0 fully saturated rings. The number of carbonyl (C=O) groups excluding carboxylic acids is 2. The van der Waals surface area contributed by atoms with Gasteiger partial charge in [-0.25, -0.2) is 4.79 Å². The van der Waals surface area contributed by atoms with Gasteiger partial charge in [0.1, 0.15) is 5.75 Å². The number of hydrogen-bond donors (Lipinski definition) is 3. The molecule has 1 aromatic rings. The number of nitrogens with one attached hydrogen (secondary N) is 2. The van der Waals surface area contributed by atoms with Crippen LogP contribution in [0, 0.1) is 0 Å². The van der Waals surface area contributed by atoms with Crippen molar-refractivity contribution in [1.82, 2.24) is 5.32 Å². The third-order valence-electron chi connectivity index (χ3n) is 3.05. The van der Waals surface area contributed by atoms with Gasteiger partial charge in [-0.2, -0.15) is 0 Å². The van der Waals surface area contributed by atoms with Crippen molar-refractivity contribution in [3.63, 3.8) is 0 Å². The molecule has 22 heavy (non-hydrogen) atoms. The van der Waals surface area contributed by atoms with E-state index in [2.05, 4.69) is 17.6 Å². The van der Waals surface area contributed by atoms with Gasteiger partial charge in [0, 0.05) is 12.2 Å². The number of nitrogens with two attached hydrogens (primary N) is 1. The number of ether oxygens (including phenoxy) is 1. The highest BCUT2D eigenvalue weighted by molar-refractivity contribution is 5.89. The molecular formula is C16H25N3O3. The number of primary amides is 1. The molecule has 0 heterocycles. The highest BCUT2D eigenvalue weighted by Crippen LogP contribution is 2.15. The molecule has 0 spiro atoms. The summed E-state index contributed by atoms with van der Waals surface area (Å²) in [6, 6.07) is 6.75. The summed E-state index contributed by atoms with van der Waals surface area (Å²) in [5, 5.41) is 5.57. The maximum atomic E-state index is 11.7. The maximum Gasteiger partial charge on any atom is 0.319 e.